The summed E-state index contributed by atoms with van der Waals surface area (Å²) in [5.41, 5.74) is 2.09. The summed E-state index contributed by atoms with van der Waals surface area (Å²) in [6.07, 6.45) is 8.41. The van der Waals surface area contributed by atoms with Crippen LogP contribution in [0.2, 0.25) is 0 Å². The Hall–Kier alpha value is -1.63. The fourth-order valence-electron chi connectivity index (χ4n) is 1.65. The van der Waals surface area contributed by atoms with Gasteiger partial charge in [-0.1, -0.05) is 68.8 Å². The van der Waals surface area contributed by atoms with Gasteiger partial charge >= 0.3 is 0 Å². The Balaban J connectivity index is 2.72. The predicted molar refractivity (Wildman–Crippen MR) is 73.8 cm³/mol. The quantitative estimate of drug-likeness (QED) is 0.521. The maximum Gasteiger partial charge on any atom is 0.158 e. The molecule has 0 aromatic heterocycles. The Labute approximate surface area is 104 Å². The molecule has 17 heavy (non-hydrogen) atoms. The minimum absolute atomic E-state index is 0.254. The molecule has 0 fully saturated rings. The van der Waals surface area contributed by atoms with Crippen LogP contribution in [0, 0.1) is 0 Å². The Morgan fingerprint density at radius 3 is 2.47 bits per heavy atom. The standard InChI is InChI=1S/C16H20O/c1-3-9-15(16(17)4-2)13-8-12-14-10-6-5-7-11-14/h5-8,10-13H,3-4,9H2,1-2H3. The van der Waals surface area contributed by atoms with Crippen LogP contribution in [0.15, 0.2) is 48.1 Å². The Bertz CT molecular complexity index is 399. The number of Topliss-reactive ketones (excluding diaryl/α,β-unsaturated/α-hetero) is 1. The monoisotopic (exact) mass is 228 g/mol. The molecule has 0 amide bonds. The summed E-state index contributed by atoms with van der Waals surface area (Å²) in [5, 5.41) is 0. The molecule has 0 spiro atoms. The molecule has 1 rings (SSSR count). The minimum Gasteiger partial charge on any atom is -0.295 e. The first-order valence-electron chi connectivity index (χ1n) is 6.23. The second kappa shape index (κ2) is 7.61. The lowest BCUT2D eigenvalue weighted by Gasteiger charge is -2.01. The molecule has 0 aliphatic rings. The highest BCUT2D eigenvalue weighted by molar-refractivity contribution is 5.95. The van der Waals surface area contributed by atoms with Crippen LogP contribution in [0.1, 0.15) is 38.7 Å². The van der Waals surface area contributed by atoms with Crippen molar-refractivity contribution in [3.8, 4) is 0 Å². The second-order valence-electron chi connectivity index (χ2n) is 3.99. The zero-order chi connectivity index (χ0) is 12.5. The predicted octanol–water partition coefficient (Wildman–Crippen LogP) is 4.41. The van der Waals surface area contributed by atoms with Crippen molar-refractivity contribution in [2.24, 2.45) is 0 Å². The van der Waals surface area contributed by atoms with Crippen molar-refractivity contribution in [2.75, 3.05) is 0 Å². The average Bonchev–Trinajstić information content (AvgIpc) is 2.38. The van der Waals surface area contributed by atoms with Gasteiger partial charge in [-0.3, -0.25) is 4.79 Å². The molecule has 0 aliphatic carbocycles. The molecule has 0 saturated carbocycles. The Kier molecular flexibility index (Phi) is 6.02. The lowest BCUT2D eigenvalue weighted by atomic mass is 10.0. The fraction of sp³-hybridized carbons (Fsp3) is 0.312. The van der Waals surface area contributed by atoms with Gasteiger partial charge in [0.25, 0.3) is 0 Å². The Morgan fingerprint density at radius 2 is 1.88 bits per heavy atom. The van der Waals surface area contributed by atoms with Crippen molar-refractivity contribution in [1.29, 1.82) is 0 Å². The first-order chi connectivity index (χ1) is 8.27. The van der Waals surface area contributed by atoms with E-state index in [4.69, 9.17) is 0 Å². The van der Waals surface area contributed by atoms with Gasteiger partial charge in [-0.15, -0.1) is 0 Å². The molecule has 0 saturated heterocycles. The van der Waals surface area contributed by atoms with Crippen molar-refractivity contribution in [3.63, 3.8) is 0 Å². The maximum absolute atomic E-state index is 11.6. The van der Waals surface area contributed by atoms with Crippen molar-refractivity contribution >= 4 is 11.9 Å². The summed E-state index contributed by atoms with van der Waals surface area (Å²) in [5.74, 6) is 0.254. The van der Waals surface area contributed by atoms with E-state index < -0.39 is 0 Å². The van der Waals surface area contributed by atoms with Crippen LogP contribution in [-0.4, -0.2) is 5.78 Å². The van der Waals surface area contributed by atoms with E-state index in [0.29, 0.717) is 6.42 Å². The largest absolute Gasteiger partial charge is 0.295 e. The van der Waals surface area contributed by atoms with Gasteiger partial charge in [0.05, 0.1) is 0 Å². The van der Waals surface area contributed by atoms with E-state index in [2.05, 4.69) is 6.92 Å². The third kappa shape index (κ3) is 4.81. The van der Waals surface area contributed by atoms with E-state index in [9.17, 15) is 4.79 Å². The summed E-state index contributed by atoms with van der Waals surface area (Å²) >= 11 is 0. The van der Waals surface area contributed by atoms with Crippen LogP contribution in [0.3, 0.4) is 0 Å². The van der Waals surface area contributed by atoms with Crippen molar-refractivity contribution in [1.82, 2.24) is 0 Å². The second-order valence-corrected chi connectivity index (χ2v) is 3.99. The summed E-state index contributed by atoms with van der Waals surface area (Å²) in [6, 6.07) is 10.1. The van der Waals surface area contributed by atoms with Gasteiger partial charge < -0.3 is 0 Å². The van der Waals surface area contributed by atoms with E-state index in [-0.39, 0.29) is 5.78 Å². The van der Waals surface area contributed by atoms with Crippen LogP contribution >= 0.6 is 0 Å². The first kappa shape index (κ1) is 13.4. The number of hydrogen-bond acceptors (Lipinski definition) is 1. The number of carbonyl (C=O) groups is 1. The van der Waals surface area contributed by atoms with E-state index in [1.807, 2.05) is 55.5 Å². The molecule has 0 bridgehead atoms. The van der Waals surface area contributed by atoms with Crippen LogP contribution in [-0.2, 0) is 4.79 Å². The number of carbonyl (C=O) groups excluding carboxylic acids is 1. The molecule has 0 heterocycles. The highest BCUT2D eigenvalue weighted by Crippen LogP contribution is 2.09. The average molecular weight is 228 g/mol. The topological polar surface area (TPSA) is 17.1 Å². The van der Waals surface area contributed by atoms with Gasteiger partial charge in [-0.2, -0.15) is 0 Å². The van der Waals surface area contributed by atoms with Gasteiger partial charge in [-0.05, 0) is 17.6 Å². The summed E-state index contributed by atoms with van der Waals surface area (Å²) in [4.78, 5) is 11.6. The van der Waals surface area contributed by atoms with E-state index in [1.165, 1.54) is 0 Å². The highest BCUT2D eigenvalue weighted by atomic mass is 16.1. The SMILES string of the molecule is CCCC(=CC=Cc1ccccc1)C(=O)CC. The van der Waals surface area contributed by atoms with Crippen LogP contribution in [0.4, 0.5) is 0 Å². The highest BCUT2D eigenvalue weighted by Gasteiger charge is 2.03. The molecule has 0 atom stereocenters. The van der Waals surface area contributed by atoms with Gasteiger partial charge in [0.15, 0.2) is 5.78 Å². The molecule has 1 aromatic carbocycles. The molecular formula is C16H20O. The number of benzene rings is 1. The van der Waals surface area contributed by atoms with E-state index in [1.54, 1.807) is 0 Å². The van der Waals surface area contributed by atoms with Crippen molar-refractivity contribution < 1.29 is 4.79 Å². The summed E-state index contributed by atoms with van der Waals surface area (Å²) in [6.45, 7) is 4.00. The fourth-order valence-corrected chi connectivity index (χ4v) is 1.65. The van der Waals surface area contributed by atoms with Crippen LogP contribution < -0.4 is 0 Å². The van der Waals surface area contributed by atoms with Gasteiger partial charge in [0, 0.05) is 6.42 Å². The van der Waals surface area contributed by atoms with E-state index in [0.717, 1.165) is 24.0 Å². The number of hydrogen-bond donors (Lipinski definition) is 0. The van der Waals surface area contributed by atoms with Crippen molar-refractivity contribution in [3.05, 3.63) is 53.6 Å². The molecule has 0 unspecified atom stereocenters. The number of ketones is 1. The summed E-state index contributed by atoms with van der Waals surface area (Å²) < 4.78 is 0. The summed E-state index contributed by atoms with van der Waals surface area (Å²) in [7, 11) is 0. The van der Waals surface area contributed by atoms with Crippen LogP contribution in [0.5, 0.6) is 0 Å². The lowest BCUT2D eigenvalue weighted by Crippen LogP contribution is -1.99. The van der Waals surface area contributed by atoms with Crippen LogP contribution in [0.25, 0.3) is 6.08 Å². The minimum atomic E-state index is 0.254. The third-order valence-electron chi connectivity index (χ3n) is 2.58. The van der Waals surface area contributed by atoms with E-state index >= 15 is 0 Å². The number of allylic oxidation sites excluding steroid dienone is 3. The molecule has 1 heteroatoms. The molecule has 0 aliphatic heterocycles. The molecule has 0 radical (unpaired) electrons. The molecular weight excluding hydrogens is 208 g/mol. The Morgan fingerprint density at radius 1 is 1.18 bits per heavy atom. The molecule has 1 nitrogen and oxygen atoms in total. The maximum atomic E-state index is 11.6. The lowest BCUT2D eigenvalue weighted by molar-refractivity contribution is -0.115. The zero-order valence-corrected chi connectivity index (χ0v) is 10.6. The smallest absolute Gasteiger partial charge is 0.158 e. The zero-order valence-electron chi connectivity index (χ0n) is 10.6. The normalized spacial score (nSPS) is 12.0. The van der Waals surface area contributed by atoms with Gasteiger partial charge in [-0.25, -0.2) is 0 Å². The van der Waals surface area contributed by atoms with Gasteiger partial charge in [0.2, 0.25) is 0 Å². The molecule has 1 aromatic rings. The molecule has 0 N–H and O–H groups in total. The number of rotatable bonds is 6. The third-order valence-corrected chi connectivity index (χ3v) is 2.58. The van der Waals surface area contributed by atoms with Crippen molar-refractivity contribution in [2.45, 2.75) is 33.1 Å². The molecule has 90 valence electrons. The van der Waals surface area contributed by atoms with Gasteiger partial charge in [0.1, 0.15) is 0 Å². The first-order valence-corrected chi connectivity index (χ1v) is 6.23.